The Morgan fingerprint density at radius 3 is 2.33 bits per heavy atom. The van der Waals surface area contributed by atoms with Crippen LogP contribution in [0.15, 0.2) is 0 Å². The summed E-state index contributed by atoms with van der Waals surface area (Å²) in [5.41, 5.74) is 0.108. The molecular weight excluding hydrogens is 226 g/mol. The summed E-state index contributed by atoms with van der Waals surface area (Å²) >= 11 is 0. The summed E-state index contributed by atoms with van der Waals surface area (Å²) < 4.78 is 5.49. The van der Waals surface area contributed by atoms with Gasteiger partial charge in [0.15, 0.2) is 0 Å². The largest absolute Gasteiger partial charge is 0.446 e. The van der Waals surface area contributed by atoms with Gasteiger partial charge >= 0.3 is 6.09 Å². The lowest BCUT2D eigenvalue weighted by Crippen LogP contribution is -2.45. The van der Waals surface area contributed by atoms with Crippen LogP contribution in [0.1, 0.15) is 65.7 Å². The minimum Gasteiger partial charge on any atom is -0.446 e. The van der Waals surface area contributed by atoms with E-state index in [0.29, 0.717) is 0 Å². The van der Waals surface area contributed by atoms with E-state index in [1.54, 1.807) is 0 Å². The van der Waals surface area contributed by atoms with Crippen molar-refractivity contribution in [2.45, 2.75) is 77.9 Å². The van der Waals surface area contributed by atoms with E-state index in [-0.39, 0.29) is 23.7 Å². The number of alkyl carbamates (subject to hydrolysis) is 1. The summed E-state index contributed by atoms with van der Waals surface area (Å²) in [7, 11) is 0. The second-order valence-corrected chi connectivity index (χ2v) is 7.05. The van der Waals surface area contributed by atoms with Crippen molar-refractivity contribution >= 4 is 6.09 Å². The molecule has 2 rings (SSSR count). The van der Waals surface area contributed by atoms with Crippen molar-refractivity contribution in [3.8, 4) is 0 Å². The van der Waals surface area contributed by atoms with Crippen molar-refractivity contribution in [2.75, 3.05) is 0 Å². The summed E-state index contributed by atoms with van der Waals surface area (Å²) in [6.07, 6.45) is 8.17. The summed E-state index contributed by atoms with van der Waals surface area (Å²) in [5, 5.41) is 3.09. The molecule has 2 aliphatic rings. The second kappa shape index (κ2) is 5.50. The molecule has 0 bridgehead atoms. The Kier molecular flexibility index (Phi) is 4.18. The molecule has 1 N–H and O–H groups in total. The molecule has 0 aromatic rings. The van der Waals surface area contributed by atoms with E-state index in [9.17, 15) is 4.79 Å². The maximum Gasteiger partial charge on any atom is 0.407 e. The molecule has 3 heteroatoms. The van der Waals surface area contributed by atoms with Gasteiger partial charge in [-0.2, -0.15) is 0 Å². The van der Waals surface area contributed by atoms with Gasteiger partial charge in [0.1, 0.15) is 6.10 Å². The number of carbonyl (C=O) groups is 1. The lowest BCUT2D eigenvalue weighted by Gasteiger charge is -2.31. The van der Waals surface area contributed by atoms with Crippen LogP contribution >= 0.6 is 0 Å². The van der Waals surface area contributed by atoms with E-state index in [0.717, 1.165) is 25.2 Å². The fraction of sp³-hybridized carbons (Fsp3) is 0.933. The zero-order chi connectivity index (χ0) is 13.2. The molecule has 1 amide bonds. The third kappa shape index (κ3) is 4.18. The van der Waals surface area contributed by atoms with Crippen LogP contribution in [0.4, 0.5) is 4.79 Å². The average Bonchev–Trinajstić information content (AvgIpc) is 2.92. The van der Waals surface area contributed by atoms with Gasteiger partial charge < -0.3 is 10.1 Å². The van der Waals surface area contributed by atoms with Crippen LogP contribution in [-0.2, 0) is 4.74 Å². The van der Waals surface area contributed by atoms with Gasteiger partial charge in [-0.1, -0.05) is 33.6 Å². The lowest BCUT2D eigenvalue weighted by atomic mass is 9.83. The Labute approximate surface area is 111 Å². The number of hydrogen-bond acceptors (Lipinski definition) is 2. The van der Waals surface area contributed by atoms with Crippen LogP contribution in [-0.4, -0.2) is 18.2 Å². The van der Waals surface area contributed by atoms with E-state index in [4.69, 9.17) is 4.74 Å². The van der Waals surface area contributed by atoms with Crippen molar-refractivity contribution in [1.82, 2.24) is 5.32 Å². The summed E-state index contributed by atoms with van der Waals surface area (Å²) in [4.78, 5) is 11.9. The van der Waals surface area contributed by atoms with Crippen LogP contribution in [0, 0.1) is 11.3 Å². The predicted octanol–water partition coefficient (Wildman–Crippen LogP) is 3.87. The van der Waals surface area contributed by atoms with E-state index in [1.165, 1.54) is 25.7 Å². The molecule has 2 saturated carbocycles. The predicted molar refractivity (Wildman–Crippen MR) is 72.5 cm³/mol. The molecule has 0 aromatic heterocycles. The molecule has 0 spiro atoms. The minimum atomic E-state index is -0.206. The van der Waals surface area contributed by atoms with E-state index < -0.39 is 0 Å². The van der Waals surface area contributed by atoms with Gasteiger partial charge in [0.25, 0.3) is 0 Å². The first-order valence-corrected chi connectivity index (χ1v) is 7.42. The summed E-state index contributed by atoms with van der Waals surface area (Å²) in [6, 6.07) is 0.235. The normalized spacial score (nSPS) is 22.8. The average molecular weight is 253 g/mol. The Balaban J connectivity index is 1.80. The highest BCUT2D eigenvalue weighted by Crippen LogP contribution is 2.37. The maximum absolute atomic E-state index is 11.9. The van der Waals surface area contributed by atoms with Gasteiger partial charge in [0, 0.05) is 6.04 Å². The van der Waals surface area contributed by atoms with Crippen LogP contribution in [0.2, 0.25) is 0 Å². The quantitative estimate of drug-likeness (QED) is 0.826. The van der Waals surface area contributed by atoms with Gasteiger partial charge in [-0.3, -0.25) is 0 Å². The minimum absolute atomic E-state index is 0.108. The SMILES string of the molecule is CC(C)(C)C(CC1CC1)NC(=O)OC1CCCC1. The Morgan fingerprint density at radius 1 is 1.22 bits per heavy atom. The molecular formula is C15H27NO2. The van der Waals surface area contributed by atoms with E-state index >= 15 is 0 Å². The van der Waals surface area contributed by atoms with Crippen molar-refractivity contribution in [3.63, 3.8) is 0 Å². The third-order valence-corrected chi connectivity index (χ3v) is 4.18. The molecule has 0 aliphatic heterocycles. The van der Waals surface area contributed by atoms with Crippen LogP contribution < -0.4 is 5.32 Å². The molecule has 2 aliphatic carbocycles. The van der Waals surface area contributed by atoms with Crippen LogP contribution in [0.3, 0.4) is 0 Å². The number of carbonyl (C=O) groups excluding carboxylic acids is 1. The zero-order valence-electron chi connectivity index (χ0n) is 12.0. The van der Waals surface area contributed by atoms with Crippen molar-refractivity contribution < 1.29 is 9.53 Å². The maximum atomic E-state index is 11.9. The molecule has 2 fully saturated rings. The number of rotatable bonds is 4. The molecule has 0 saturated heterocycles. The third-order valence-electron chi connectivity index (χ3n) is 4.18. The van der Waals surface area contributed by atoms with Crippen molar-refractivity contribution in [1.29, 1.82) is 0 Å². The molecule has 1 atom stereocenters. The molecule has 104 valence electrons. The number of hydrogen-bond donors (Lipinski definition) is 1. The highest BCUT2D eigenvalue weighted by atomic mass is 16.6. The van der Waals surface area contributed by atoms with Gasteiger partial charge in [0.05, 0.1) is 0 Å². The molecule has 0 radical (unpaired) electrons. The summed E-state index contributed by atoms with van der Waals surface area (Å²) in [5.74, 6) is 0.820. The highest BCUT2D eigenvalue weighted by molar-refractivity contribution is 5.68. The smallest absolute Gasteiger partial charge is 0.407 e. The summed E-state index contributed by atoms with van der Waals surface area (Å²) in [6.45, 7) is 6.57. The second-order valence-electron chi connectivity index (χ2n) is 7.05. The fourth-order valence-electron chi connectivity index (χ4n) is 2.65. The first-order chi connectivity index (χ1) is 8.45. The topological polar surface area (TPSA) is 38.3 Å². The number of ether oxygens (including phenoxy) is 1. The van der Waals surface area contributed by atoms with Crippen molar-refractivity contribution in [3.05, 3.63) is 0 Å². The molecule has 18 heavy (non-hydrogen) atoms. The molecule has 1 unspecified atom stereocenters. The monoisotopic (exact) mass is 253 g/mol. The standard InChI is InChI=1S/C15H27NO2/c1-15(2,3)13(10-11-8-9-11)16-14(17)18-12-6-4-5-7-12/h11-13H,4-10H2,1-3H3,(H,16,17). The van der Waals surface area contributed by atoms with Crippen LogP contribution in [0.5, 0.6) is 0 Å². The van der Waals surface area contributed by atoms with Gasteiger partial charge in [0.2, 0.25) is 0 Å². The lowest BCUT2D eigenvalue weighted by molar-refractivity contribution is 0.0899. The Morgan fingerprint density at radius 2 is 1.83 bits per heavy atom. The van der Waals surface area contributed by atoms with Gasteiger partial charge in [-0.15, -0.1) is 0 Å². The van der Waals surface area contributed by atoms with E-state index in [1.807, 2.05) is 0 Å². The number of nitrogens with one attached hydrogen (secondary N) is 1. The molecule has 0 aromatic carbocycles. The number of amides is 1. The van der Waals surface area contributed by atoms with Crippen molar-refractivity contribution in [2.24, 2.45) is 11.3 Å². The van der Waals surface area contributed by atoms with Crippen LogP contribution in [0.25, 0.3) is 0 Å². The van der Waals surface area contributed by atoms with E-state index in [2.05, 4.69) is 26.1 Å². The Hall–Kier alpha value is -0.730. The first kappa shape index (κ1) is 13.7. The highest BCUT2D eigenvalue weighted by Gasteiger charge is 2.33. The molecule has 0 heterocycles. The molecule has 3 nitrogen and oxygen atoms in total. The fourth-order valence-corrected chi connectivity index (χ4v) is 2.65. The van der Waals surface area contributed by atoms with Gasteiger partial charge in [-0.25, -0.2) is 4.79 Å². The first-order valence-electron chi connectivity index (χ1n) is 7.42. The van der Waals surface area contributed by atoms with Gasteiger partial charge in [-0.05, 0) is 43.4 Å². The zero-order valence-corrected chi connectivity index (χ0v) is 12.0. The Bertz CT molecular complexity index is 285.